The van der Waals surface area contributed by atoms with Crippen LogP contribution in [0.5, 0.6) is 0 Å². The van der Waals surface area contributed by atoms with Gasteiger partial charge in [-0.2, -0.15) is 0 Å². The topological polar surface area (TPSA) is 0 Å². The zero-order valence-electron chi connectivity index (χ0n) is 12.9. The molecule has 4 aliphatic carbocycles. The van der Waals surface area contributed by atoms with Gasteiger partial charge in [-0.3, -0.25) is 0 Å². The maximum atomic E-state index is 2.28. The number of benzene rings is 3. The Morgan fingerprint density at radius 3 is 0.682 bits per heavy atom. The maximum absolute atomic E-state index is 2.28. The molecule has 0 fully saturated rings. The molecule has 0 saturated carbocycles. The monoisotopic (exact) mass is 286 g/mol. The minimum atomic E-state index is 1.15. The van der Waals surface area contributed by atoms with Gasteiger partial charge >= 0.3 is 0 Å². The van der Waals surface area contributed by atoms with Crippen molar-refractivity contribution in [2.45, 2.75) is 25.7 Å². The van der Waals surface area contributed by atoms with Crippen molar-refractivity contribution in [2.24, 2.45) is 0 Å². The van der Waals surface area contributed by atoms with Crippen molar-refractivity contribution < 1.29 is 0 Å². The van der Waals surface area contributed by atoms with Crippen molar-refractivity contribution in [3.8, 4) is 0 Å². The zero-order chi connectivity index (χ0) is 15.0. The second-order valence-corrected chi connectivity index (χ2v) is 5.79. The molecule has 7 rings (SSSR count). The summed E-state index contributed by atoms with van der Waals surface area (Å²) in [6.07, 6.45) is 4.61. The van der Waals surface area contributed by atoms with E-state index in [2.05, 4.69) is 48.5 Å². The molecule has 3 aromatic carbocycles. The van der Waals surface area contributed by atoms with Crippen LogP contribution in [0.2, 0.25) is 0 Å². The molecule has 0 saturated heterocycles. The molecule has 4 bridgehead atoms. The Kier molecular flexibility index (Phi) is 5.04. The van der Waals surface area contributed by atoms with Gasteiger partial charge in [-0.05, 0) is 47.9 Å². The molecule has 0 heteroatoms. The number of hydrogen-bond donors (Lipinski definition) is 0. The molecule has 0 spiro atoms. The molecule has 0 nitrogen and oxygen atoms in total. The van der Waals surface area contributed by atoms with E-state index in [0.717, 1.165) is 25.7 Å². The van der Waals surface area contributed by atoms with E-state index in [0.29, 0.717) is 0 Å². The van der Waals surface area contributed by atoms with E-state index in [-0.39, 0.29) is 0 Å². The lowest BCUT2D eigenvalue weighted by Gasteiger charge is -2.09. The molecule has 3 aromatic rings. The van der Waals surface area contributed by atoms with Crippen LogP contribution >= 0.6 is 0 Å². The van der Waals surface area contributed by atoms with E-state index in [1.165, 1.54) is 22.3 Å². The van der Waals surface area contributed by atoms with Crippen LogP contribution in [0.25, 0.3) is 0 Å². The quantitative estimate of drug-likeness (QED) is 0.529. The normalized spacial score (nSPS) is 12.7. The van der Waals surface area contributed by atoms with E-state index in [9.17, 15) is 0 Å². The van der Waals surface area contributed by atoms with Crippen LogP contribution in [-0.2, 0) is 25.7 Å². The lowest BCUT2D eigenvalue weighted by Crippen LogP contribution is -1.97. The SMILES string of the molecule is c1cc2ccc1CCc1ccc(cc1)CC2.c1ccccc1. The molecule has 0 atom stereocenters. The van der Waals surface area contributed by atoms with Crippen molar-refractivity contribution >= 4 is 0 Å². The van der Waals surface area contributed by atoms with Gasteiger partial charge in [-0.1, -0.05) is 84.9 Å². The van der Waals surface area contributed by atoms with E-state index < -0.39 is 0 Å². The Hall–Kier alpha value is -2.34. The van der Waals surface area contributed by atoms with E-state index >= 15 is 0 Å². The molecule has 0 aromatic heterocycles. The van der Waals surface area contributed by atoms with Gasteiger partial charge in [-0.15, -0.1) is 0 Å². The molecule has 0 radical (unpaired) electrons. The van der Waals surface area contributed by atoms with Crippen LogP contribution in [0.3, 0.4) is 0 Å². The first-order valence-corrected chi connectivity index (χ1v) is 8.06. The Bertz CT molecular complexity index is 543. The van der Waals surface area contributed by atoms with E-state index in [1.807, 2.05) is 36.4 Å². The highest BCUT2D eigenvalue weighted by molar-refractivity contribution is 5.29. The molecule has 0 unspecified atom stereocenters. The lowest BCUT2D eigenvalue weighted by molar-refractivity contribution is 0.921. The van der Waals surface area contributed by atoms with Gasteiger partial charge < -0.3 is 0 Å². The summed E-state index contributed by atoms with van der Waals surface area (Å²) in [4.78, 5) is 0. The van der Waals surface area contributed by atoms with Gasteiger partial charge in [-0.25, -0.2) is 0 Å². The Balaban J connectivity index is 0.000000202. The molecule has 4 aliphatic rings. The fourth-order valence-electron chi connectivity index (χ4n) is 2.71. The van der Waals surface area contributed by atoms with Crippen molar-refractivity contribution in [3.63, 3.8) is 0 Å². The summed E-state index contributed by atoms with van der Waals surface area (Å²) in [5, 5.41) is 0. The van der Waals surface area contributed by atoms with Gasteiger partial charge in [0.25, 0.3) is 0 Å². The Morgan fingerprint density at radius 1 is 0.318 bits per heavy atom. The van der Waals surface area contributed by atoms with E-state index in [1.54, 1.807) is 0 Å². The number of rotatable bonds is 0. The van der Waals surface area contributed by atoms with Gasteiger partial charge in [0.2, 0.25) is 0 Å². The maximum Gasteiger partial charge on any atom is -0.0238 e. The molecular weight excluding hydrogens is 264 g/mol. The molecule has 0 heterocycles. The third kappa shape index (κ3) is 4.33. The number of aryl methyl sites for hydroxylation is 4. The van der Waals surface area contributed by atoms with Crippen molar-refractivity contribution in [2.75, 3.05) is 0 Å². The van der Waals surface area contributed by atoms with Gasteiger partial charge in [0.1, 0.15) is 0 Å². The van der Waals surface area contributed by atoms with Crippen molar-refractivity contribution in [3.05, 3.63) is 107 Å². The molecule has 22 heavy (non-hydrogen) atoms. The lowest BCUT2D eigenvalue weighted by atomic mass is 9.97. The predicted molar refractivity (Wildman–Crippen MR) is 94.1 cm³/mol. The summed E-state index contributed by atoms with van der Waals surface area (Å²) < 4.78 is 0. The fourth-order valence-corrected chi connectivity index (χ4v) is 2.71. The molecule has 0 amide bonds. The summed E-state index contributed by atoms with van der Waals surface area (Å²) in [5.74, 6) is 0. The Morgan fingerprint density at radius 2 is 0.500 bits per heavy atom. The van der Waals surface area contributed by atoms with E-state index in [4.69, 9.17) is 0 Å². The van der Waals surface area contributed by atoms with Crippen molar-refractivity contribution in [1.82, 2.24) is 0 Å². The first kappa shape index (κ1) is 14.6. The molecule has 110 valence electrons. The Labute approximate surface area is 133 Å². The predicted octanol–water partition coefficient (Wildman–Crippen LogP) is 5.26. The highest BCUT2D eigenvalue weighted by Crippen LogP contribution is 2.14. The highest BCUT2D eigenvalue weighted by atomic mass is 14.1. The third-order valence-corrected chi connectivity index (χ3v) is 4.12. The fraction of sp³-hybridized carbons (Fsp3) is 0.182. The zero-order valence-corrected chi connectivity index (χ0v) is 12.9. The summed E-state index contributed by atoms with van der Waals surface area (Å²) in [6.45, 7) is 0. The minimum absolute atomic E-state index is 1.15. The highest BCUT2D eigenvalue weighted by Gasteiger charge is 2.01. The van der Waals surface area contributed by atoms with Crippen LogP contribution < -0.4 is 0 Å². The summed E-state index contributed by atoms with van der Waals surface area (Å²) in [5.41, 5.74) is 5.81. The molecular formula is C22H22. The summed E-state index contributed by atoms with van der Waals surface area (Å²) >= 11 is 0. The molecule has 0 aliphatic heterocycles. The second kappa shape index (κ2) is 7.61. The van der Waals surface area contributed by atoms with Crippen LogP contribution in [-0.4, -0.2) is 0 Å². The second-order valence-electron chi connectivity index (χ2n) is 5.79. The summed E-state index contributed by atoms with van der Waals surface area (Å²) in [6, 6.07) is 30.2. The average Bonchev–Trinajstić information content (AvgIpc) is 2.60. The van der Waals surface area contributed by atoms with Gasteiger partial charge in [0.15, 0.2) is 0 Å². The minimum Gasteiger partial charge on any atom is -0.0623 e. The largest absolute Gasteiger partial charge is 0.0623 e. The first-order chi connectivity index (χ1) is 10.9. The summed E-state index contributed by atoms with van der Waals surface area (Å²) in [7, 11) is 0. The third-order valence-electron chi connectivity index (χ3n) is 4.12. The smallest absolute Gasteiger partial charge is 0.0238 e. The molecule has 0 N–H and O–H groups in total. The van der Waals surface area contributed by atoms with Crippen LogP contribution in [0.4, 0.5) is 0 Å². The van der Waals surface area contributed by atoms with Crippen LogP contribution in [0.1, 0.15) is 22.3 Å². The number of hydrogen-bond acceptors (Lipinski definition) is 0. The van der Waals surface area contributed by atoms with Gasteiger partial charge in [0, 0.05) is 0 Å². The van der Waals surface area contributed by atoms with Crippen LogP contribution in [0.15, 0.2) is 84.9 Å². The van der Waals surface area contributed by atoms with Crippen molar-refractivity contribution in [1.29, 1.82) is 0 Å². The standard InChI is InChI=1S/C16H16.C6H6/c1-2-14-4-3-13(1)9-10-15-5-7-16(8-6-15)12-11-14;1-2-4-6-5-3-1/h1-8H,9-12H2;1-6H. The first-order valence-electron chi connectivity index (χ1n) is 8.06. The van der Waals surface area contributed by atoms with Gasteiger partial charge in [0.05, 0.1) is 0 Å². The van der Waals surface area contributed by atoms with Crippen LogP contribution in [0, 0.1) is 0 Å². The average molecular weight is 286 g/mol.